The van der Waals surface area contributed by atoms with E-state index in [9.17, 15) is 4.79 Å². The van der Waals surface area contributed by atoms with Crippen molar-refractivity contribution in [3.05, 3.63) is 48.5 Å². The number of carbonyl (C=O) groups excluding carboxylic acids is 1. The third kappa shape index (κ3) is 3.32. The lowest BCUT2D eigenvalue weighted by molar-refractivity contribution is -0.117. The molecule has 1 aromatic heterocycles. The molecular formula is C15H16N4O. The Morgan fingerprint density at radius 3 is 2.55 bits per heavy atom. The van der Waals surface area contributed by atoms with Crippen molar-refractivity contribution in [3.63, 3.8) is 0 Å². The number of nitrogens with one attached hydrogen (secondary N) is 2. The van der Waals surface area contributed by atoms with Crippen LogP contribution in [0.1, 0.15) is 18.5 Å². The lowest BCUT2D eigenvalue weighted by Crippen LogP contribution is -2.13. The summed E-state index contributed by atoms with van der Waals surface area (Å²) < 4.78 is 0. The summed E-state index contributed by atoms with van der Waals surface area (Å²) in [6.07, 6.45) is 5.29. The number of hydrogen-bond acceptors (Lipinski definition) is 4. The largest absolute Gasteiger partial charge is 0.379 e. The van der Waals surface area contributed by atoms with Gasteiger partial charge in [0.25, 0.3) is 0 Å². The third-order valence-electron chi connectivity index (χ3n) is 3.22. The Hall–Kier alpha value is -2.43. The van der Waals surface area contributed by atoms with Crippen molar-refractivity contribution in [1.82, 2.24) is 9.97 Å². The molecule has 0 aliphatic heterocycles. The number of aromatic nitrogens is 2. The molecule has 0 spiro atoms. The first-order chi connectivity index (χ1) is 9.81. The van der Waals surface area contributed by atoms with E-state index in [4.69, 9.17) is 0 Å². The molecule has 1 fully saturated rings. The van der Waals surface area contributed by atoms with Crippen molar-refractivity contribution < 1.29 is 4.79 Å². The summed E-state index contributed by atoms with van der Waals surface area (Å²) >= 11 is 0. The summed E-state index contributed by atoms with van der Waals surface area (Å²) in [5.74, 6) is 0.359. The monoisotopic (exact) mass is 268 g/mol. The lowest BCUT2D eigenvalue weighted by atomic mass is 10.2. The predicted molar refractivity (Wildman–Crippen MR) is 77.2 cm³/mol. The molecule has 0 radical (unpaired) electrons. The van der Waals surface area contributed by atoms with Gasteiger partial charge in [0.05, 0.1) is 12.2 Å². The van der Waals surface area contributed by atoms with Crippen molar-refractivity contribution >= 4 is 17.3 Å². The first-order valence-electron chi connectivity index (χ1n) is 6.71. The average molecular weight is 268 g/mol. The van der Waals surface area contributed by atoms with E-state index < -0.39 is 0 Å². The fourth-order valence-electron chi connectivity index (χ4n) is 1.88. The zero-order valence-electron chi connectivity index (χ0n) is 11.0. The maximum atomic E-state index is 11.6. The number of benzene rings is 1. The van der Waals surface area contributed by atoms with Crippen LogP contribution >= 0.6 is 0 Å². The highest BCUT2D eigenvalue weighted by molar-refractivity contribution is 5.94. The van der Waals surface area contributed by atoms with Gasteiger partial charge in [0.2, 0.25) is 5.91 Å². The SMILES string of the molecule is O=C(Nc1ccc(NCc2ccncn2)cc1)C1CC1. The fourth-order valence-corrected chi connectivity index (χ4v) is 1.88. The molecule has 1 aromatic carbocycles. The molecule has 102 valence electrons. The van der Waals surface area contributed by atoms with Gasteiger partial charge in [-0.25, -0.2) is 9.97 Å². The van der Waals surface area contributed by atoms with Crippen LogP contribution in [-0.2, 0) is 11.3 Å². The topological polar surface area (TPSA) is 66.9 Å². The molecule has 5 heteroatoms. The lowest BCUT2D eigenvalue weighted by Gasteiger charge is -2.08. The van der Waals surface area contributed by atoms with Crippen LogP contribution in [0.4, 0.5) is 11.4 Å². The van der Waals surface area contributed by atoms with Crippen molar-refractivity contribution in [2.24, 2.45) is 5.92 Å². The van der Waals surface area contributed by atoms with Crippen LogP contribution in [0.2, 0.25) is 0 Å². The standard InChI is InChI=1S/C15H16N4O/c20-15(11-1-2-11)19-13-5-3-12(4-6-13)17-9-14-7-8-16-10-18-14/h3-8,10-11,17H,1-2,9H2,(H,19,20). The molecule has 1 aliphatic rings. The summed E-state index contributed by atoms with van der Waals surface area (Å²) in [6, 6.07) is 9.58. The second-order valence-electron chi connectivity index (χ2n) is 4.90. The summed E-state index contributed by atoms with van der Waals surface area (Å²) in [5.41, 5.74) is 2.77. The van der Waals surface area contributed by atoms with Crippen LogP contribution < -0.4 is 10.6 Å². The van der Waals surface area contributed by atoms with Crippen LogP contribution in [0, 0.1) is 5.92 Å². The molecule has 20 heavy (non-hydrogen) atoms. The molecule has 2 aromatic rings. The van der Waals surface area contributed by atoms with Crippen molar-refractivity contribution in [2.75, 3.05) is 10.6 Å². The van der Waals surface area contributed by atoms with Crippen LogP contribution in [0.25, 0.3) is 0 Å². The Balaban J connectivity index is 1.54. The zero-order chi connectivity index (χ0) is 13.8. The average Bonchev–Trinajstić information content (AvgIpc) is 3.32. The van der Waals surface area contributed by atoms with Crippen LogP contribution in [0.5, 0.6) is 0 Å². The van der Waals surface area contributed by atoms with Gasteiger partial charge in [-0.2, -0.15) is 0 Å². The Morgan fingerprint density at radius 2 is 1.90 bits per heavy atom. The van der Waals surface area contributed by atoms with Gasteiger partial charge in [-0.05, 0) is 43.2 Å². The van der Waals surface area contributed by atoms with Crippen LogP contribution in [-0.4, -0.2) is 15.9 Å². The number of rotatable bonds is 5. The van der Waals surface area contributed by atoms with Gasteiger partial charge in [0.15, 0.2) is 0 Å². The van der Waals surface area contributed by atoms with Gasteiger partial charge >= 0.3 is 0 Å². The van der Waals surface area contributed by atoms with E-state index in [1.807, 2.05) is 30.3 Å². The Bertz CT molecular complexity index is 579. The summed E-state index contributed by atoms with van der Waals surface area (Å²) in [7, 11) is 0. The van der Waals surface area contributed by atoms with Gasteiger partial charge in [-0.1, -0.05) is 0 Å². The van der Waals surface area contributed by atoms with Gasteiger partial charge in [-0.15, -0.1) is 0 Å². The van der Waals surface area contributed by atoms with Crippen molar-refractivity contribution in [1.29, 1.82) is 0 Å². The summed E-state index contributed by atoms with van der Waals surface area (Å²) in [6.45, 7) is 0.649. The number of amides is 1. The molecular weight excluding hydrogens is 252 g/mol. The first-order valence-corrected chi connectivity index (χ1v) is 6.71. The summed E-state index contributed by atoms with van der Waals surface area (Å²) in [5, 5.41) is 6.19. The van der Waals surface area contributed by atoms with E-state index >= 15 is 0 Å². The van der Waals surface area contributed by atoms with E-state index in [2.05, 4.69) is 20.6 Å². The minimum Gasteiger partial charge on any atom is -0.379 e. The Kier molecular flexibility index (Phi) is 3.58. The Morgan fingerprint density at radius 1 is 1.15 bits per heavy atom. The van der Waals surface area contributed by atoms with E-state index in [0.29, 0.717) is 6.54 Å². The van der Waals surface area contributed by atoms with Crippen molar-refractivity contribution in [2.45, 2.75) is 19.4 Å². The third-order valence-corrected chi connectivity index (χ3v) is 3.22. The second kappa shape index (κ2) is 5.69. The highest BCUT2D eigenvalue weighted by atomic mass is 16.2. The fraction of sp³-hybridized carbons (Fsp3) is 0.267. The summed E-state index contributed by atoms with van der Waals surface area (Å²) in [4.78, 5) is 19.7. The van der Waals surface area contributed by atoms with Crippen molar-refractivity contribution in [3.8, 4) is 0 Å². The quantitative estimate of drug-likeness (QED) is 0.874. The van der Waals surface area contributed by atoms with E-state index in [1.54, 1.807) is 6.20 Å². The van der Waals surface area contributed by atoms with Gasteiger partial charge in [0.1, 0.15) is 6.33 Å². The maximum absolute atomic E-state index is 11.6. The minimum absolute atomic E-state index is 0.131. The van der Waals surface area contributed by atoms with E-state index in [1.165, 1.54) is 6.33 Å². The maximum Gasteiger partial charge on any atom is 0.227 e. The van der Waals surface area contributed by atoms with E-state index in [0.717, 1.165) is 29.9 Å². The van der Waals surface area contributed by atoms with Gasteiger partial charge < -0.3 is 10.6 Å². The molecule has 0 saturated heterocycles. The molecule has 0 atom stereocenters. The molecule has 0 bridgehead atoms. The minimum atomic E-state index is 0.131. The second-order valence-corrected chi connectivity index (χ2v) is 4.90. The molecule has 5 nitrogen and oxygen atoms in total. The number of anilines is 2. The van der Waals surface area contributed by atoms with Crippen LogP contribution in [0.3, 0.4) is 0 Å². The highest BCUT2D eigenvalue weighted by Gasteiger charge is 2.29. The smallest absolute Gasteiger partial charge is 0.227 e. The number of carbonyl (C=O) groups is 1. The predicted octanol–water partition coefficient (Wildman–Crippen LogP) is 2.44. The molecule has 1 aliphatic carbocycles. The van der Waals surface area contributed by atoms with Gasteiger partial charge in [0, 0.05) is 23.5 Å². The normalized spacial score (nSPS) is 13.8. The molecule has 3 rings (SSSR count). The molecule has 2 N–H and O–H groups in total. The molecule has 1 amide bonds. The van der Waals surface area contributed by atoms with Gasteiger partial charge in [-0.3, -0.25) is 4.79 Å². The molecule has 1 heterocycles. The number of hydrogen-bond donors (Lipinski definition) is 2. The number of nitrogens with zero attached hydrogens (tertiary/aromatic N) is 2. The first kappa shape index (κ1) is 12.6. The van der Waals surface area contributed by atoms with Crippen LogP contribution in [0.15, 0.2) is 42.9 Å². The highest BCUT2D eigenvalue weighted by Crippen LogP contribution is 2.30. The van der Waals surface area contributed by atoms with E-state index in [-0.39, 0.29) is 11.8 Å². The molecule has 0 unspecified atom stereocenters. The Labute approximate surface area is 117 Å². The molecule has 1 saturated carbocycles. The zero-order valence-corrected chi connectivity index (χ0v) is 11.0.